The molecule has 138 valence electrons. The average Bonchev–Trinajstić information content (AvgIpc) is 3.35. The number of fused-ring (bicyclic) bond motifs is 1. The number of rotatable bonds is 3. The Balaban J connectivity index is 1.44. The standard InChI is InChI=1S/C22H18N4O2/c1-14-6-8-17(9-7-14)26-13-16(12-19(26)27)21-24-22(28-25-21)20-18-5-3-2-4-15(18)10-11-23-20/h2-11,16H,12-13H2,1H3/t16-/m0/s1. The quantitative estimate of drug-likeness (QED) is 0.543. The first-order valence-electron chi connectivity index (χ1n) is 9.24. The minimum Gasteiger partial charge on any atom is -0.332 e. The maximum atomic E-state index is 12.5. The molecule has 1 aliphatic rings. The van der Waals surface area contributed by atoms with Crippen molar-refractivity contribution < 1.29 is 9.32 Å². The molecule has 0 bridgehead atoms. The summed E-state index contributed by atoms with van der Waals surface area (Å²) >= 11 is 0. The molecule has 2 aromatic heterocycles. The van der Waals surface area contributed by atoms with E-state index in [9.17, 15) is 4.79 Å². The van der Waals surface area contributed by atoms with Gasteiger partial charge in [0.2, 0.25) is 5.91 Å². The topological polar surface area (TPSA) is 72.1 Å². The van der Waals surface area contributed by atoms with E-state index < -0.39 is 0 Å². The minimum atomic E-state index is -0.0960. The molecule has 1 fully saturated rings. The van der Waals surface area contributed by atoms with Crippen molar-refractivity contribution in [2.75, 3.05) is 11.4 Å². The number of aryl methyl sites for hydroxylation is 1. The van der Waals surface area contributed by atoms with Crippen LogP contribution < -0.4 is 4.90 Å². The summed E-state index contributed by atoms with van der Waals surface area (Å²) in [6.45, 7) is 2.57. The highest BCUT2D eigenvalue weighted by molar-refractivity contribution is 5.96. The first kappa shape index (κ1) is 16.6. The van der Waals surface area contributed by atoms with Crippen molar-refractivity contribution >= 4 is 22.4 Å². The number of aromatic nitrogens is 3. The van der Waals surface area contributed by atoms with Gasteiger partial charge in [0.05, 0.1) is 0 Å². The van der Waals surface area contributed by atoms with Gasteiger partial charge in [0.15, 0.2) is 5.82 Å². The molecule has 6 nitrogen and oxygen atoms in total. The van der Waals surface area contributed by atoms with Crippen LogP contribution in [0.2, 0.25) is 0 Å². The highest BCUT2D eigenvalue weighted by atomic mass is 16.5. The second-order valence-electron chi connectivity index (χ2n) is 7.08. The molecule has 4 aromatic rings. The summed E-state index contributed by atoms with van der Waals surface area (Å²) in [6.07, 6.45) is 2.11. The summed E-state index contributed by atoms with van der Waals surface area (Å²) in [6, 6.07) is 17.9. The molecule has 1 amide bonds. The molecule has 3 heterocycles. The maximum absolute atomic E-state index is 12.5. The second kappa shape index (κ2) is 6.56. The molecule has 6 heteroatoms. The lowest BCUT2D eigenvalue weighted by molar-refractivity contribution is -0.117. The summed E-state index contributed by atoms with van der Waals surface area (Å²) in [5.74, 6) is 0.908. The number of benzene rings is 2. The third-order valence-electron chi connectivity index (χ3n) is 5.15. The molecule has 2 aromatic carbocycles. The molecule has 0 aliphatic carbocycles. The van der Waals surface area contributed by atoms with E-state index in [1.807, 2.05) is 61.5 Å². The van der Waals surface area contributed by atoms with Gasteiger partial charge in [-0.05, 0) is 30.5 Å². The molecule has 0 radical (unpaired) electrons. The van der Waals surface area contributed by atoms with Crippen LogP contribution in [0.4, 0.5) is 5.69 Å². The van der Waals surface area contributed by atoms with Gasteiger partial charge in [-0.25, -0.2) is 0 Å². The molecule has 0 N–H and O–H groups in total. The third-order valence-corrected chi connectivity index (χ3v) is 5.15. The van der Waals surface area contributed by atoms with E-state index in [2.05, 4.69) is 15.1 Å². The second-order valence-corrected chi connectivity index (χ2v) is 7.08. The van der Waals surface area contributed by atoms with Gasteiger partial charge in [0, 0.05) is 36.2 Å². The van der Waals surface area contributed by atoms with Crippen LogP contribution in [0.5, 0.6) is 0 Å². The van der Waals surface area contributed by atoms with Crippen LogP contribution in [0.3, 0.4) is 0 Å². The van der Waals surface area contributed by atoms with Gasteiger partial charge in [-0.2, -0.15) is 4.98 Å². The van der Waals surface area contributed by atoms with Crippen molar-refractivity contribution in [3.63, 3.8) is 0 Å². The van der Waals surface area contributed by atoms with Gasteiger partial charge in [-0.1, -0.05) is 47.1 Å². The van der Waals surface area contributed by atoms with Crippen LogP contribution in [0.25, 0.3) is 22.4 Å². The number of hydrogen-bond acceptors (Lipinski definition) is 5. The highest BCUT2D eigenvalue weighted by Crippen LogP contribution is 2.32. The van der Waals surface area contributed by atoms with Crippen molar-refractivity contribution in [2.24, 2.45) is 0 Å². The minimum absolute atomic E-state index is 0.0727. The number of amides is 1. The van der Waals surface area contributed by atoms with Gasteiger partial charge in [-0.15, -0.1) is 0 Å². The van der Waals surface area contributed by atoms with E-state index in [-0.39, 0.29) is 11.8 Å². The first-order chi connectivity index (χ1) is 13.7. The molecule has 0 unspecified atom stereocenters. The van der Waals surface area contributed by atoms with Gasteiger partial charge >= 0.3 is 0 Å². The van der Waals surface area contributed by atoms with Gasteiger partial charge < -0.3 is 9.42 Å². The number of anilines is 1. The van der Waals surface area contributed by atoms with Crippen LogP contribution in [-0.2, 0) is 4.79 Å². The van der Waals surface area contributed by atoms with Gasteiger partial charge in [-0.3, -0.25) is 9.78 Å². The fourth-order valence-corrected chi connectivity index (χ4v) is 3.64. The van der Waals surface area contributed by atoms with E-state index in [0.29, 0.717) is 30.4 Å². The first-order valence-corrected chi connectivity index (χ1v) is 9.24. The number of pyridine rings is 1. The van der Waals surface area contributed by atoms with Crippen molar-refractivity contribution in [1.82, 2.24) is 15.1 Å². The normalized spacial score (nSPS) is 16.8. The number of nitrogens with zero attached hydrogens (tertiary/aromatic N) is 4. The monoisotopic (exact) mass is 370 g/mol. The maximum Gasteiger partial charge on any atom is 0.277 e. The van der Waals surface area contributed by atoms with Crippen molar-refractivity contribution in [2.45, 2.75) is 19.3 Å². The molecular weight excluding hydrogens is 352 g/mol. The predicted molar refractivity (Wildman–Crippen MR) is 106 cm³/mol. The third kappa shape index (κ3) is 2.83. The number of carbonyl (C=O) groups is 1. The Kier molecular flexibility index (Phi) is 3.90. The van der Waals surface area contributed by atoms with Crippen LogP contribution in [0.15, 0.2) is 65.3 Å². The molecule has 28 heavy (non-hydrogen) atoms. The lowest BCUT2D eigenvalue weighted by Gasteiger charge is -2.16. The fraction of sp³-hybridized carbons (Fsp3) is 0.182. The zero-order chi connectivity index (χ0) is 19.1. The number of carbonyl (C=O) groups excluding carboxylic acids is 1. The SMILES string of the molecule is Cc1ccc(N2C[C@@H](c3noc(-c4nccc5ccccc45)n3)CC2=O)cc1. The predicted octanol–water partition coefficient (Wildman–Crippen LogP) is 4.11. The molecule has 1 saturated heterocycles. The highest BCUT2D eigenvalue weighted by Gasteiger charge is 2.34. The summed E-state index contributed by atoms with van der Waals surface area (Å²) in [4.78, 5) is 23.3. The Hall–Kier alpha value is -3.54. The van der Waals surface area contributed by atoms with Crippen molar-refractivity contribution in [3.8, 4) is 11.6 Å². The Morgan fingerprint density at radius 2 is 1.89 bits per heavy atom. The Morgan fingerprint density at radius 3 is 2.75 bits per heavy atom. The summed E-state index contributed by atoms with van der Waals surface area (Å²) in [7, 11) is 0. The fourth-order valence-electron chi connectivity index (χ4n) is 3.64. The largest absolute Gasteiger partial charge is 0.332 e. The number of hydrogen-bond donors (Lipinski definition) is 0. The van der Waals surface area contributed by atoms with E-state index in [1.54, 1.807) is 11.1 Å². The zero-order valence-corrected chi connectivity index (χ0v) is 15.4. The Labute approximate surface area is 161 Å². The molecule has 0 spiro atoms. The van der Waals surface area contributed by atoms with Crippen LogP contribution in [0.1, 0.15) is 23.7 Å². The van der Waals surface area contributed by atoms with Crippen LogP contribution in [-0.4, -0.2) is 27.6 Å². The molecule has 5 rings (SSSR count). The van der Waals surface area contributed by atoms with Crippen LogP contribution in [0, 0.1) is 6.92 Å². The summed E-state index contributed by atoms with van der Waals surface area (Å²) in [5, 5.41) is 6.18. The van der Waals surface area contributed by atoms with Crippen molar-refractivity contribution in [3.05, 3.63) is 72.2 Å². The molecule has 0 saturated carbocycles. The zero-order valence-electron chi connectivity index (χ0n) is 15.4. The van der Waals surface area contributed by atoms with E-state index in [4.69, 9.17) is 4.52 Å². The van der Waals surface area contributed by atoms with E-state index in [1.165, 1.54) is 0 Å². The summed E-state index contributed by atoms with van der Waals surface area (Å²) in [5.41, 5.74) is 2.73. The Morgan fingerprint density at radius 1 is 1.07 bits per heavy atom. The smallest absolute Gasteiger partial charge is 0.277 e. The van der Waals surface area contributed by atoms with Gasteiger partial charge in [0.1, 0.15) is 5.69 Å². The van der Waals surface area contributed by atoms with Crippen molar-refractivity contribution in [1.29, 1.82) is 0 Å². The van der Waals surface area contributed by atoms with E-state index in [0.717, 1.165) is 22.0 Å². The van der Waals surface area contributed by atoms with Gasteiger partial charge in [0.25, 0.3) is 5.89 Å². The molecular formula is C22H18N4O2. The van der Waals surface area contributed by atoms with E-state index >= 15 is 0 Å². The lowest BCUT2D eigenvalue weighted by atomic mass is 10.1. The van der Waals surface area contributed by atoms with Crippen LogP contribution >= 0.6 is 0 Å². The molecule has 1 aliphatic heterocycles. The molecule has 1 atom stereocenters. The Bertz CT molecular complexity index is 1160. The lowest BCUT2D eigenvalue weighted by Crippen LogP contribution is -2.24. The average molecular weight is 370 g/mol. The summed E-state index contributed by atoms with van der Waals surface area (Å²) < 4.78 is 5.51.